The molecule has 0 atom stereocenters. The van der Waals surface area contributed by atoms with Gasteiger partial charge in [-0.2, -0.15) is 10.2 Å². The summed E-state index contributed by atoms with van der Waals surface area (Å²) in [6.45, 7) is 0. The van der Waals surface area contributed by atoms with Crippen molar-refractivity contribution in [2.45, 2.75) is 0 Å². The van der Waals surface area contributed by atoms with E-state index in [9.17, 15) is 0 Å². The number of hydrogen-bond acceptors (Lipinski definition) is 7. The summed E-state index contributed by atoms with van der Waals surface area (Å²) in [5.74, 6) is 0. The van der Waals surface area contributed by atoms with Crippen molar-refractivity contribution in [1.82, 2.24) is 5.32 Å². The molecule has 0 aliphatic rings. The van der Waals surface area contributed by atoms with E-state index in [0.717, 1.165) is 11.1 Å². The third-order valence-electron chi connectivity index (χ3n) is 3.16. The summed E-state index contributed by atoms with van der Waals surface area (Å²) in [6.07, 6.45) is 0. The van der Waals surface area contributed by atoms with Crippen molar-refractivity contribution >= 4 is 52.7 Å². The van der Waals surface area contributed by atoms with Crippen LogP contribution in [0.4, 0.5) is 5.69 Å². The number of rotatable bonds is 5. The van der Waals surface area contributed by atoms with Crippen LogP contribution in [0.1, 0.15) is 11.1 Å². The van der Waals surface area contributed by atoms with E-state index in [2.05, 4.69) is 25.7 Å². The molecular weight excluding hydrogens is 430 g/mol. The van der Waals surface area contributed by atoms with Crippen LogP contribution in [0.25, 0.3) is 0 Å². The maximum absolute atomic E-state index is 5.78. The summed E-state index contributed by atoms with van der Waals surface area (Å²) in [5, 5.41) is 19.2. The molecular formula is C17H17CuN7S2. The summed E-state index contributed by atoms with van der Waals surface area (Å²) in [7, 11) is 1.67. The van der Waals surface area contributed by atoms with Gasteiger partial charge in [-0.05, 0) is 22.5 Å². The van der Waals surface area contributed by atoms with Crippen LogP contribution >= 0.6 is 0 Å². The first kappa shape index (κ1) is 22.5. The minimum Gasteiger partial charge on any atom is -0.741 e. The van der Waals surface area contributed by atoms with E-state index in [1.54, 1.807) is 19.2 Å². The molecule has 0 saturated heterocycles. The van der Waals surface area contributed by atoms with Crippen LogP contribution in [0.3, 0.4) is 0 Å². The Kier molecular flexibility index (Phi) is 9.38. The Labute approximate surface area is 179 Å². The van der Waals surface area contributed by atoms with E-state index in [1.807, 2.05) is 42.5 Å². The predicted octanol–water partition coefficient (Wildman–Crippen LogP) is 1.36. The first-order valence-corrected chi connectivity index (χ1v) is 8.33. The third-order valence-corrected chi connectivity index (χ3v) is 3.53. The average molecular weight is 447 g/mol. The number of hydrogen-bond donors (Lipinski definition) is 3. The fourth-order valence-electron chi connectivity index (χ4n) is 1.97. The van der Waals surface area contributed by atoms with Crippen LogP contribution in [0, 0.1) is 0 Å². The number of nitrogens with two attached hydrogens (primary N) is 2. The first-order chi connectivity index (χ1) is 12.5. The van der Waals surface area contributed by atoms with Crippen molar-refractivity contribution in [3.8, 4) is 0 Å². The molecule has 0 spiro atoms. The van der Waals surface area contributed by atoms with Gasteiger partial charge in [0.25, 0.3) is 0 Å². The Morgan fingerprint density at radius 2 is 1.33 bits per heavy atom. The molecule has 0 amide bonds. The number of amidine groups is 2. The molecule has 0 aliphatic heterocycles. The van der Waals surface area contributed by atoms with Crippen molar-refractivity contribution in [1.29, 1.82) is 0 Å². The molecule has 143 valence electrons. The molecule has 2 aromatic carbocycles. The Morgan fingerprint density at radius 1 is 0.815 bits per heavy atom. The van der Waals surface area contributed by atoms with Gasteiger partial charge in [0.15, 0.2) is 0 Å². The molecule has 2 aromatic rings. The molecule has 0 fully saturated rings. The second-order valence-corrected chi connectivity index (χ2v) is 5.78. The average Bonchev–Trinajstić information content (AvgIpc) is 2.65. The van der Waals surface area contributed by atoms with Crippen LogP contribution in [0.15, 0.2) is 75.0 Å². The zero-order valence-electron chi connectivity index (χ0n) is 14.3. The van der Waals surface area contributed by atoms with E-state index in [4.69, 9.17) is 36.7 Å². The number of nitrogen functional groups attached to an aromatic ring is 1. The summed E-state index contributed by atoms with van der Waals surface area (Å²) in [5.41, 5.74) is 14.3. The monoisotopic (exact) mass is 446 g/mol. The summed E-state index contributed by atoms with van der Waals surface area (Å²) >= 11 is 9.85. The summed E-state index contributed by atoms with van der Waals surface area (Å²) in [6, 6.07) is 16.5. The number of nitrogens with one attached hydrogen (secondary N) is 1. The van der Waals surface area contributed by atoms with Crippen LogP contribution in [-0.2, 0) is 42.3 Å². The minimum atomic E-state index is -0.0854. The first-order valence-electron chi connectivity index (χ1n) is 7.51. The molecule has 0 heterocycles. The topological polar surface area (TPSA) is 114 Å². The van der Waals surface area contributed by atoms with E-state index in [-0.39, 0.29) is 27.4 Å². The van der Waals surface area contributed by atoms with Crippen molar-refractivity contribution < 1.29 is 17.1 Å². The molecule has 5 N–H and O–H groups in total. The quantitative estimate of drug-likeness (QED) is 0.160. The second-order valence-electron chi connectivity index (χ2n) is 4.98. The van der Waals surface area contributed by atoms with E-state index < -0.39 is 0 Å². The molecule has 0 unspecified atom stereocenters. The van der Waals surface area contributed by atoms with Crippen molar-refractivity contribution in [3.63, 3.8) is 0 Å². The van der Waals surface area contributed by atoms with E-state index in [1.165, 1.54) is 0 Å². The maximum atomic E-state index is 5.78. The van der Waals surface area contributed by atoms with Crippen LogP contribution in [0.2, 0.25) is 0 Å². The molecule has 0 saturated carbocycles. The van der Waals surface area contributed by atoms with Crippen molar-refractivity contribution in [2.24, 2.45) is 26.1 Å². The van der Waals surface area contributed by atoms with E-state index >= 15 is 0 Å². The van der Waals surface area contributed by atoms with Gasteiger partial charge in [-0.25, -0.2) is 0 Å². The molecule has 1 radical (unpaired) electrons. The fraction of sp³-hybridized carbons (Fsp3) is 0.0588. The van der Waals surface area contributed by atoms with Crippen LogP contribution < -0.4 is 16.8 Å². The largest absolute Gasteiger partial charge is 2.00 e. The predicted molar refractivity (Wildman–Crippen MR) is 113 cm³/mol. The van der Waals surface area contributed by atoms with Gasteiger partial charge in [0.2, 0.25) is 0 Å². The molecule has 7 nitrogen and oxygen atoms in total. The minimum absolute atomic E-state index is 0. The van der Waals surface area contributed by atoms with Gasteiger partial charge in [-0.1, -0.05) is 42.5 Å². The number of nitrogens with zero attached hydrogens (tertiary/aromatic N) is 4. The van der Waals surface area contributed by atoms with Crippen molar-refractivity contribution in [3.05, 3.63) is 65.7 Å². The fourth-order valence-corrected chi connectivity index (χ4v) is 2.05. The molecule has 2 rings (SSSR count). The van der Waals surface area contributed by atoms with Gasteiger partial charge in [0.05, 0.1) is 0 Å². The summed E-state index contributed by atoms with van der Waals surface area (Å²) < 4.78 is 0. The third kappa shape index (κ3) is 6.95. The van der Waals surface area contributed by atoms with Crippen LogP contribution in [0.5, 0.6) is 0 Å². The van der Waals surface area contributed by atoms with E-state index in [0.29, 0.717) is 17.1 Å². The van der Waals surface area contributed by atoms with Gasteiger partial charge in [0, 0.05) is 23.9 Å². The molecule has 0 aromatic heterocycles. The SMILES string of the molecule is CN/C([S-])=N/N=C(/C(=N/N=C(/N)[S-])c1ccccc1)c1ccc(N)cc1.[Cu+2]. The Balaban J connectivity index is 0.00000364. The number of benzene rings is 2. The summed E-state index contributed by atoms with van der Waals surface area (Å²) in [4.78, 5) is 0. The van der Waals surface area contributed by atoms with Gasteiger partial charge in [0.1, 0.15) is 11.4 Å². The van der Waals surface area contributed by atoms with Gasteiger partial charge in [-0.15, -0.1) is 10.2 Å². The molecule has 0 bridgehead atoms. The van der Waals surface area contributed by atoms with Gasteiger partial charge in [-0.3, -0.25) is 0 Å². The number of anilines is 1. The maximum Gasteiger partial charge on any atom is 2.00 e. The molecule has 0 aliphatic carbocycles. The smallest absolute Gasteiger partial charge is 0.741 e. The van der Waals surface area contributed by atoms with Gasteiger partial charge < -0.3 is 42.0 Å². The van der Waals surface area contributed by atoms with Crippen LogP contribution in [-0.4, -0.2) is 28.8 Å². The Bertz CT molecular complexity index is 859. The zero-order chi connectivity index (χ0) is 18.9. The second kappa shape index (κ2) is 11.2. The molecule has 27 heavy (non-hydrogen) atoms. The zero-order valence-corrected chi connectivity index (χ0v) is 16.8. The Hall–Kier alpha value is -2.52. The standard InChI is InChI=1S/C17H19N7S2.Cu/c1-20-17(26)24-22-15(12-7-9-13(18)10-8-12)14(21-23-16(19)25)11-5-3-2-4-6-11;/h2-10H,18H2,1H3,(H3,19,23,25)(H2,20,24,26);/q;+2/p-2/b21-14+,22-15+;. The normalized spacial score (nSPS) is 13.1. The van der Waals surface area contributed by atoms with Gasteiger partial charge >= 0.3 is 17.1 Å². The molecule has 10 heteroatoms. The van der Waals surface area contributed by atoms with Crippen molar-refractivity contribution in [2.75, 3.05) is 12.8 Å². The Morgan fingerprint density at radius 3 is 1.85 bits per heavy atom.